The molecule has 2 N–H and O–H groups in total. The van der Waals surface area contributed by atoms with Crippen LogP contribution in [-0.4, -0.2) is 5.91 Å². The van der Waals surface area contributed by atoms with Gasteiger partial charge in [-0.2, -0.15) is 0 Å². The molecule has 0 aliphatic rings. The molecule has 0 spiro atoms. The SMILES string of the molecule is CCc1ccc(OCc2ccccc2C(N)=O)cc1. The Morgan fingerprint density at radius 1 is 1.11 bits per heavy atom. The third-order valence-electron chi connectivity index (χ3n) is 3.01. The number of hydrogen-bond donors (Lipinski definition) is 1. The lowest BCUT2D eigenvalue weighted by atomic mass is 10.1. The highest BCUT2D eigenvalue weighted by Gasteiger charge is 2.07. The van der Waals surface area contributed by atoms with Crippen molar-refractivity contribution in [1.29, 1.82) is 0 Å². The van der Waals surface area contributed by atoms with Crippen LogP contribution >= 0.6 is 0 Å². The van der Waals surface area contributed by atoms with Crippen molar-refractivity contribution in [2.24, 2.45) is 5.73 Å². The first-order valence-electron chi connectivity index (χ1n) is 6.30. The highest BCUT2D eigenvalue weighted by Crippen LogP contribution is 2.16. The third kappa shape index (κ3) is 3.35. The molecular formula is C16H17NO2. The Hall–Kier alpha value is -2.29. The number of carbonyl (C=O) groups is 1. The number of primary amides is 1. The Bertz CT molecular complexity index is 561. The molecule has 2 rings (SSSR count). The molecule has 0 saturated heterocycles. The summed E-state index contributed by atoms with van der Waals surface area (Å²) in [5, 5.41) is 0. The number of amides is 1. The van der Waals surface area contributed by atoms with Crippen molar-refractivity contribution in [1.82, 2.24) is 0 Å². The summed E-state index contributed by atoms with van der Waals surface area (Å²) in [7, 11) is 0. The molecule has 0 radical (unpaired) electrons. The first kappa shape index (κ1) is 13.1. The van der Waals surface area contributed by atoms with E-state index >= 15 is 0 Å². The Morgan fingerprint density at radius 3 is 2.42 bits per heavy atom. The minimum absolute atomic E-state index is 0.338. The molecule has 98 valence electrons. The summed E-state index contributed by atoms with van der Waals surface area (Å²) >= 11 is 0. The van der Waals surface area contributed by atoms with E-state index in [0.717, 1.165) is 17.7 Å². The zero-order chi connectivity index (χ0) is 13.7. The number of nitrogens with two attached hydrogens (primary N) is 1. The average molecular weight is 255 g/mol. The third-order valence-corrected chi connectivity index (χ3v) is 3.01. The molecule has 2 aromatic rings. The lowest BCUT2D eigenvalue weighted by Crippen LogP contribution is -2.14. The lowest BCUT2D eigenvalue weighted by Gasteiger charge is -2.09. The van der Waals surface area contributed by atoms with Crippen LogP contribution in [0.15, 0.2) is 48.5 Å². The number of ether oxygens (including phenoxy) is 1. The number of benzene rings is 2. The van der Waals surface area contributed by atoms with E-state index in [4.69, 9.17) is 10.5 Å². The van der Waals surface area contributed by atoms with Crippen LogP contribution < -0.4 is 10.5 Å². The summed E-state index contributed by atoms with van der Waals surface area (Å²) in [6.07, 6.45) is 1.00. The Labute approximate surface area is 113 Å². The van der Waals surface area contributed by atoms with Crippen LogP contribution in [0.5, 0.6) is 5.75 Å². The van der Waals surface area contributed by atoms with Gasteiger partial charge in [-0.15, -0.1) is 0 Å². The fourth-order valence-corrected chi connectivity index (χ4v) is 1.87. The molecule has 0 aromatic heterocycles. The van der Waals surface area contributed by atoms with Crippen LogP contribution in [-0.2, 0) is 13.0 Å². The highest BCUT2D eigenvalue weighted by atomic mass is 16.5. The molecule has 3 nitrogen and oxygen atoms in total. The van der Waals surface area contributed by atoms with Crippen molar-refractivity contribution in [2.75, 3.05) is 0 Å². The van der Waals surface area contributed by atoms with Crippen molar-refractivity contribution in [2.45, 2.75) is 20.0 Å². The molecule has 0 fully saturated rings. The second-order valence-electron chi connectivity index (χ2n) is 4.31. The molecule has 0 aliphatic carbocycles. The van der Waals surface area contributed by atoms with Gasteiger partial charge in [0.25, 0.3) is 0 Å². The van der Waals surface area contributed by atoms with Crippen LogP contribution in [0.3, 0.4) is 0 Å². The molecule has 0 atom stereocenters. The standard InChI is InChI=1S/C16H17NO2/c1-2-12-7-9-14(10-8-12)19-11-13-5-3-4-6-15(13)16(17)18/h3-10H,2,11H2,1H3,(H2,17,18). The molecule has 3 heteroatoms. The van der Waals surface area contributed by atoms with Gasteiger partial charge in [0.05, 0.1) is 0 Å². The molecule has 1 amide bonds. The first-order valence-corrected chi connectivity index (χ1v) is 6.30. The van der Waals surface area contributed by atoms with E-state index in [2.05, 4.69) is 6.92 Å². The van der Waals surface area contributed by atoms with Gasteiger partial charge in [-0.05, 0) is 30.2 Å². The van der Waals surface area contributed by atoms with Crippen LogP contribution in [0.2, 0.25) is 0 Å². The molecule has 0 bridgehead atoms. The maximum Gasteiger partial charge on any atom is 0.249 e. The van der Waals surface area contributed by atoms with Crippen LogP contribution in [0, 0.1) is 0 Å². The quantitative estimate of drug-likeness (QED) is 0.893. The van der Waals surface area contributed by atoms with Crippen LogP contribution in [0.1, 0.15) is 28.4 Å². The molecule has 0 unspecified atom stereocenters. The number of hydrogen-bond acceptors (Lipinski definition) is 2. The Morgan fingerprint density at radius 2 is 1.79 bits per heavy atom. The first-order chi connectivity index (χ1) is 9.20. The van der Waals surface area contributed by atoms with Gasteiger partial charge in [-0.25, -0.2) is 0 Å². The minimum atomic E-state index is -0.430. The van der Waals surface area contributed by atoms with E-state index in [0.29, 0.717) is 12.2 Å². The predicted octanol–water partition coefficient (Wildman–Crippen LogP) is 2.93. The van der Waals surface area contributed by atoms with E-state index in [1.54, 1.807) is 12.1 Å². The summed E-state index contributed by atoms with van der Waals surface area (Å²) in [4.78, 5) is 11.3. The van der Waals surface area contributed by atoms with Crippen LogP contribution in [0.25, 0.3) is 0 Å². The van der Waals surface area contributed by atoms with Gasteiger partial charge < -0.3 is 10.5 Å². The fraction of sp³-hybridized carbons (Fsp3) is 0.188. The van der Waals surface area contributed by atoms with Crippen molar-refractivity contribution >= 4 is 5.91 Å². The van der Waals surface area contributed by atoms with Crippen LogP contribution in [0.4, 0.5) is 0 Å². The maximum atomic E-state index is 11.3. The summed E-state index contributed by atoms with van der Waals surface area (Å²) in [6.45, 7) is 2.45. The van der Waals surface area contributed by atoms with Gasteiger partial charge in [-0.1, -0.05) is 37.3 Å². The van der Waals surface area contributed by atoms with Gasteiger partial charge in [0.15, 0.2) is 0 Å². The number of carbonyl (C=O) groups excluding carboxylic acids is 1. The second kappa shape index (κ2) is 6.05. The van der Waals surface area contributed by atoms with E-state index in [9.17, 15) is 4.79 Å². The summed E-state index contributed by atoms with van der Waals surface area (Å²) in [5.74, 6) is 0.358. The smallest absolute Gasteiger partial charge is 0.249 e. The highest BCUT2D eigenvalue weighted by molar-refractivity contribution is 5.94. The van der Waals surface area contributed by atoms with Gasteiger partial charge in [-0.3, -0.25) is 4.79 Å². The zero-order valence-corrected chi connectivity index (χ0v) is 10.9. The summed E-state index contributed by atoms with van der Waals surface area (Å²) in [6, 6.07) is 15.2. The molecule has 19 heavy (non-hydrogen) atoms. The summed E-state index contributed by atoms with van der Waals surface area (Å²) in [5.41, 5.74) is 7.90. The lowest BCUT2D eigenvalue weighted by molar-refractivity contribution is 0.0998. The largest absolute Gasteiger partial charge is 0.489 e. The molecule has 0 heterocycles. The molecule has 2 aromatic carbocycles. The maximum absolute atomic E-state index is 11.3. The number of aryl methyl sites for hydroxylation is 1. The van der Waals surface area contributed by atoms with Gasteiger partial charge in [0.2, 0.25) is 5.91 Å². The zero-order valence-electron chi connectivity index (χ0n) is 10.9. The van der Waals surface area contributed by atoms with Gasteiger partial charge in [0.1, 0.15) is 12.4 Å². The summed E-state index contributed by atoms with van der Waals surface area (Å²) < 4.78 is 5.67. The van der Waals surface area contributed by atoms with Crippen molar-refractivity contribution in [3.63, 3.8) is 0 Å². The monoisotopic (exact) mass is 255 g/mol. The number of rotatable bonds is 5. The van der Waals surface area contributed by atoms with E-state index in [1.165, 1.54) is 5.56 Å². The molecular weight excluding hydrogens is 238 g/mol. The van der Waals surface area contributed by atoms with Gasteiger partial charge in [0, 0.05) is 11.1 Å². The van der Waals surface area contributed by atoms with E-state index < -0.39 is 5.91 Å². The topological polar surface area (TPSA) is 52.3 Å². The predicted molar refractivity (Wildman–Crippen MR) is 75.1 cm³/mol. The Kier molecular flexibility index (Phi) is 4.18. The Balaban J connectivity index is 2.07. The normalized spacial score (nSPS) is 10.2. The van der Waals surface area contributed by atoms with E-state index in [-0.39, 0.29) is 0 Å². The van der Waals surface area contributed by atoms with E-state index in [1.807, 2.05) is 36.4 Å². The van der Waals surface area contributed by atoms with Crippen molar-refractivity contribution < 1.29 is 9.53 Å². The van der Waals surface area contributed by atoms with Crippen molar-refractivity contribution in [3.05, 3.63) is 65.2 Å². The van der Waals surface area contributed by atoms with Gasteiger partial charge >= 0.3 is 0 Å². The average Bonchev–Trinajstić information content (AvgIpc) is 2.46. The second-order valence-corrected chi connectivity index (χ2v) is 4.31. The fourth-order valence-electron chi connectivity index (χ4n) is 1.87. The van der Waals surface area contributed by atoms with Crippen molar-refractivity contribution in [3.8, 4) is 5.75 Å². The minimum Gasteiger partial charge on any atom is -0.489 e. The molecule has 0 saturated carbocycles. The molecule has 0 aliphatic heterocycles.